The van der Waals surface area contributed by atoms with Crippen LogP contribution < -0.4 is 10.5 Å². The number of para-hydroxylation sites is 1. The molecule has 1 aromatic rings. The molecule has 2 N–H and O–H groups in total. The van der Waals surface area contributed by atoms with Crippen LogP contribution in [-0.4, -0.2) is 30.0 Å². The highest BCUT2D eigenvalue weighted by molar-refractivity contribution is 9.10. The molecule has 4 nitrogen and oxygen atoms in total. The molecule has 0 spiro atoms. The van der Waals surface area contributed by atoms with Crippen LogP contribution >= 0.6 is 15.9 Å². The number of carbonyl (C=O) groups is 1. The third kappa shape index (κ3) is 4.20. The monoisotopic (exact) mass is 354 g/mol. The highest BCUT2D eigenvalue weighted by Gasteiger charge is 2.24. The summed E-state index contributed by atoms with van der Waals surface area (Å²) >= 11 is 3.47. The Kier molecular flexibility index (Phi) is 6.06. The molecule has 1 fully saturated rings. The lowest BCUT2D eigenvalue weighted by Crippen LogP contribution is -2.41. The van der Waals surface area contributed by atoms with Gasteiger partial charge >= 0.3 is 0 Å². The predicted molar refractivity (Wildman–Crippen MR) is 87.2 cm³/mol. The van der Waals surface area contributed by atoms with Crippen LogP contribution in [0.1, 0.15) is 38.2 Å². The molecule has 116 valence electrons. The Morgan fingerprint density at radius 1 is 1.33 bits per heavy atom. The number of hydrogen-bond donors (Lipinski definition) is 1. The minimum absolute atomic E-state index is 0.0654. The summed E-state index contributed by atoms with van der Waals surface area (Å²) in [5.74, 6) is 0.742. The number of nitrogens with two attached hydrogens (primary N) is 1. The number of halogens is 1. The second-order valence-electron chi connectivity index (χ2n) is 5.43. The van der Waals surface area contributed by atoms with E-state index in [0.29, 0.717) is 12.3 Å². The fraction of sp³-hybridized carbons (Fsp3) is 0.562. The zero-order valence-electron chi connectivity index (χ0n) is 12.5. The van der Waals surface area contributed by atoms with Crippen molar-refractivity contribution >= 4 is 21.8 Å². The molecule has 0 saturated carbocycles. The normalized spacial score (nSPS) is 17.2. The van der Waals surface area contributed by atoms with Gasteiger partial charge in [-0.15, -0.1) is 0 Å². The van der Waals surface area contributed by atoms with Crippen molar-refractivity contribution in [1.29, 1.82) is 0 Å². The van der Waals surface area contributed by atoms with E-state index in [9.17, 15) is 4.79 Å². The van der Waals surface area contributed by atoms with Gasteiger partial charge in [-0.3, -0.25) is 4.79 Å². The summed E-state index contributed by atoms with van der Waals surface area (Å²) in [6.45, 7) is 3.88. The second kappa shape index (κ2) is 7.80. The van der Waals surface area contributed by atoms with Crippen LogP contribution in [0.25, 0.3) is 0 Å². The highest BCUT2D eigenvalue weighted by Crippen LogP contribution is 2.30. The third-order valence-corrected chi connectivity index (χ3v) is 4.45. The molecule has 1 saturated heterocycles. The first-order valence-electron chi connectivity index (χ1n) is 7.56. The molecule has 1 aliphatic heterocycles. The Labute approximate surface area is 134 Å². The topological polar surface area (TPSA) is 55.6 Å². The van der Waals surface area contributed by atoms with Gasteiger partial charge in [-0.25, -0.2) is 0 Å². The van der Waals surface area contributed by atoms with Crippen molar-refractivity contribution in [1.82, 2.24) is 4.90 Å². The van der Waals surface area contributed by atoms with E-state index in [-0.39, 0.29) is 5.91 Å². The zero-order chi connectivity index (χ0) is 15.2. The standard InChI is InChI=1S/C16H23BrN2O2/c1-12(16(20)19-9-4-2-3-5-10-19)21-15-13(11-18)7-6-8-14(15)17/h6-8,12H,2-5,9-11,18H2,1H3. The number of rotatable bonds is 4. The van der Waals surface area contributed by atoms with Crippen LogP contribution in [0, 0.1) is 0 Å². The van der Waals surface area contributed by atoms with Crippen LogP contribution in [0.3, 0.4) is 0 Å². The Balaban J connectivity index is 2.06. The minimum atomic E-state index is -0.493. The lowest BCUT2D eigenvalue weighted by atomic mass is 10.2. The maximum absolute atomic E-state index is 12.5. The van der Waals surface area contributed by atoms with Gasteiger partial charge in [-0.05, 0) is 41.8 Å². The van der Waals surface area contributed by atoms with Crippen LogP contribution in [0.5, 0.6) is 5.75 Å². The quantitative estimate of drug-likeness (QED) is 0.903. The number of ether oxygens (including phenoxy) is 1. The first kappa shape index (κ1) is 16.3. The SMILES string of the molecule is CC(Oc1c(Br)cccc1CN)C(=O)N1CCCCCC1. The van der Waals surface area contributed by atoms with Gasteiger partial charge in [0.2, 0.25) is 0 Å². The summed E-state index contributed by atoms with van der Waals surface area (Å²) in [6, 6.07) is 5.74. The summed E-state index contributed by atoms with van der Waals surface area (Å²) in [4.78, 5) is 14.4. The molecule has 1 heterocycles. The van der Waals surface area contributed by atoms with E-state index < -0.39 is 6.10 Å². The van der Waals surface area contributed by atoms with Crippen molar-refractivity contribution in [2.24, 2.45) is 5.73 Å². The largest absolute Gasteiger partial charge is 0.479 e. The van der Waals surface area contributed by atoms with Gasteiger partial charge in [0.25, 0.3) is 5.91 Å². The fourth-order valence-corrected chi connectivity index (χ4v) is 3.12. The third-order valence-electron chi connectivity index (χ3n) is 3.83. The van der Waals surface area contributed by atoms with Crippen molar-refractivity contribution in [3.63, 3.8) is 0 Å². The van der Waals surface area contributed by atoms with Gasteiger partial charge in [0.15, 0.2) is 6.10 Å². The Morgan fingerprint density at radius 2 is 2.00 bits per heavy atom. The van der Waals surface area contributed by atoms with Crippen molar-refractivity contribution in [2.75, 3.05) is 13.1 Å². The molecule has 0 radical (unpaired) electrons. The summed E-state index contributed by atoms with van der Waals surface area (Å²) in [7, 11) is 0. The van der Waals surface area contributed by atoms with Crippen molar-refractivity contribution in [2.45, 2.75) is 45.3 Å². The van der Waals surface area contributed by atoms with E-state index in [1.54, 1.807) is 0 Å². The molecule has 1 aliphatic rings. The summed E-state index contributed by atoms with van der Waals surface area (Å²) in [6.07, 6.45) is 4.09. The smallest absolute Gasteiger partial charge is 0.263 e. The van der Waals surface area contributed by atoms with E-state index in [4.69, 9.17) is 10.5 Å². The minimum Gasteiger partial charge on any atom is -0.479 e. The van der Waals surface area contributed by atoms with Gasteiger partial charge in [-0.1, -0.05) is 25.0 Å². The number of likely N-dealkylation sites (tertiary alicyclic amines) is 1. The van der Waals surface area contributed by atoms with Crippen LogP contribution in [0.2, 0.25) is 0 Å². The molecule has 1 amide bonds. The van der Waals surface area contributed by atoms with Crippen LogP contribution in [0.15, 0.2) is 22.7 Å². The lowest BCUT2D eigenvalue weighted by Gasteiger charge is -2.25. The zero-order valence-corrected chi connectivity index (χ0v) is 14.1. The Bertz CT molecular complexity index is 485. The van der Waals surface area contributed by atoms with Crippen molar-refractivity contribution in [3.8, 4) is 5.75 Å². The first-order chi connectivity index (χ1) is 10.1. The number of nitrogens with zero attached hydrogens (tertiary/aromatic N) is 1. The number of hydrogen-bond acceptors (Lipinski definition) is 3. The Morgan fingerprint density at radius 3 is 2.62 bits per heavy atom. The van der Waals surface area contributed by atoms with Crippen molar-refractivity contribution in [3.05, 3.63) is 28.2 Å². The van der Waals surface area contributed by atoms with Gasteiger partial charge in [-0.2, -0.15) is 0 Å². The van der Waals surface area contributed by atoms with E-state index in [0.717, 1.165) is 36.0 Å². The molecule has 5 heteroatoms. The number of benzene rings is 1. The molecule has 0 aromatic heterocycles. The second-order valence-corrected chi connectivity index (χ2v) is 6.29. The molecule has 1 unspecified atom stereocenters. The molecule has 1 atom stereocenters. The average Bonchev–Trinajstić information content (AvgIpc) is 2.77. The molecule has 0 bridgehead atoms. The molecular formula is C16H23BrN2O2. The van der Waals surface area contributed by atoms with E-state index >= 15 is 0 Å². The van der Waals surface area contributed by atoms with Crippen LogP contribution in [0.4, 0.5) is 0 Å². The highest BCUT2D eigenvalue weighted by atomic mass is 79.9. The van der Waals surface area contributed by atoms with Gasteiger partial charge in [0, 0.05) is 25.2 Å². The van der Waals surface area contributed by atoms with Gasteiger partial charge < -0.3 is 15.4 Å². The molecule has 2 rings (SSSR count). The Hall–Kier alpha value is -1.07. The molecule has 0 aliphatic carbocycles. The van der Waals surface area contributed by atoms with Gasteiger partial charge in [0.1, 0.15) is 5.75 Å². The lowest BCUT2D eigenvalue weighted by molar-refractivity contribution is -0.137. The predicted octanol–water partition coefficient (Wildman–Crippen LogP) is 3.08. The summed E-state index contributed by atoms with van der Waals surface area (Å²) < 4.78 is 6.74. The molecule has 1 aromatic carbocycles. The van der Waals surface area contributed by atoms with Crippen molar-refractivity contribution < 1.29 is 9.53 Å². The average molecular weight is 355 g/mol. The number of amides is 1. The maximum Gasteiger partial charge on any atom is 0.263 e. The maximum atomic E-state index is 12.5. The van der Waals surface area contributed by atoms with E-state index in [1.165, 1.54) is 12.8 Å². The van der Waals surface area contributed by atoms with E-state index in [2.05, 4.69) is 15.9 Å². The van der Waals surface area contributed by atoms with Gasteiger partial charge in [0.05, 0.1) is 4.47 Å². The fourth-order valence-electron chi connectivity index (χ4n) is 2.62. The molecule has 21 heavy (non-hydrogen) atoms. The first-order valence-corrected chi connectivity index (χ1v) is 8.35. The number of carbonyl (C=O) groups excluding carboxylic acids is 1. The summed E-state index contributed by atoms with van der Waals surface area (Å²) in [5.41, 5.74) is 6.64. The molecular weight excluding hydrogens is 332 g/mol. The summed E-state index contributed by atoms with van der Waals surface area (Å²) in [5, 5.41) is 0. The van der Waals surface area contributed by atoms with E-state index in [1.807, 2.05) is 30.0 Å². The van der Waals surface area contributed by atoms with Crippen LogP contribution in [-0.2, 0) is 11.3 Å².